The number of ether oxygens (including phenoxy) is 4. The van der Waals surface area contributed by atoms with Crippen LogP contribution in [-0.4, -0.2) is 71.3 Å². The maximum absolute atomic E-state index is 12.7. The molecule has 0 amide bonds. The Labute approximate surface area is 261 Å². The van der Waals surface area contributed by atoms with Gasteiger partial charge in [-0.25, -0.2) is 4.79 Å². The van der Waals surface area contributed by atoms with Crippen molar-refractivity contribution in [3.63, 3.8) is 0 Å². The molecule has 1 fully saturated rings. The van der Waals surface area contributed by atoms with Crippen molar-refractivity contribution in [1.82, 2.24) is 20.1 Å². The number of H-pyrrole nitrogens is 1. The zero-order valence-corrected chi connectivity index (χ0v) is 27.6. The average molecular weight is 625 g/mol. The lowest BCUT2D eigenvalue weighted by Gasteiger charge is -2.28. The van der Waals surface area contributed by atoms with Gasteiger partial charge in [0.25, 0.3) is 5.56 Å². The van der Waals surface area contributed by atoms with Crippen molar-refractivity contribution in [3.8, 4) is 0 Å². The second kappa shape index (κ2) is 21.2. The van der Waals surface area contributed by atoms with Gasteiger partial charge in [0.1, 0.15) is 17.9 Å². The lowest BCUT2D eigenvalue weighted by Crippen LogP contribution is -2.49. The highest BCUT2D eigenvalue weighted by Gasteiger charge is 2.52. The van der Waals surface area contributed by atoms with Crippen LogP contribution in [0.3, 0.4) is 0 Å². The minimum absolute atomic E-state index is 0.0105. The normalized spacial score (nSPS) is 20.5. The highest BCUT2D eigenvalue weighted by atomic mass is 16.6. The van der Waals surface area contributed by atoms with Crippen LogP contribution in [0.5, 0.6) is 0 Å². The maximum Gasteiger partial charge on any atom is 0.347 e. The fraction of sp³-hybridized carbons (Fsp3) is 0.844. The summed E-state index contributed by atoms with van der Waals surface area (Å²) in [5.41, 5.74) is -1.38. The predicted octanol–water partition coefficient (Wildman–Crippen LogP) is 4.48. The van der Waals surface area contributed by atoms with Crippen LogP contribution in [0, 0.1) is 6.92 Å². The van der Waals surface area contributed by atoms with E-state index in [1.807, 2.05) is 0 Å². The summed E-state index contributed by atoms with van der Waals surface area (Å²) >= 11 is 0. The molecule has 2 N–H and O–H groups in total. The molecule has 1 aliphatic rings. The number of aromatic amines is 1. The number of unbranched alkanes of at least 4 members (excludes halogenated alkanes) is 13. The van der Waals surface area contributed by atoms with Crippen LogP contribution in [0.2, 0.25) is 0 Å². The number of hydrogen-bond donors (Lipinski definition) is 2. The van der Waals surface area contributed by atoms with Crippen molar-refractivity contribution in [2.24, 2.45) is 0 Å². The molecule has 1 saturated heterocycles. The van der Waals surface area contributed by atoms with Gasteiger partial charge in [0.15, 0.2) is 12.3 Å². The van der Waals surface area contributed by atoms with Crippen molar-refractivity contribution < 1.29 is 28.5 Å². The highest BCUT2D eigenvalue weighted by molar-refractivity contribution is 5.70. The summed E-state index contributed by atoms with van der Waals surface area (Å²) in [4.78, 5) is 51.4. The van der Waals surface area contributed by atoms with Crippen molar-refractivity contribution in [2.45, 2.75) is 155 Å². The molecule has 0 bridgehead atoms. The van der Waals surface area contributed by atoms with Crippen LogP contribution in [0.25, 0.3) is 0 Å². The summed E-state index contributed by atoms with van der Waals surface area (Å²) in [6.07, 6.45) is 13.8. The van der Waals surface area contributed by atoms with Crippen molar-refractivity contribution in [3.05, 3.63) is 26.5 Å². The van der Waals surface area contributed by atoms with E-state index in [0.29, 0.717) is 6.54 Å². The van der Waals surface area contributed by atoms with E-state index in [1.165, 1.54) is 91.6 Å². The topological polar surface area (TPSA) is 151 Å². The molecule has 0 radical (unpaired) electrons. The molecular weight excluding hydrogens is 568 g/mol. The Balaban J connectivity index is 1.94. The first-order chi connectivity index (χ1) is 21.2. The molecule has 0 saturated carbocycles. The highest BCUT2D eigenvalue weighted by Crippen LogP contribution is 2.35. The zero-order chi connectivity index (χ0) is 32.3. The van der Waals surface area contributed by atoms with Crippen LogP contribution in [0.1, 0.15) is 129 Å². The minimum atomic E-state index is -1.18. The molecule has 0 spiro atoms. The van der Waals surface area contributed by atoms with E-state index in [9.17, 15) is 19.2 Å². The van der Waals surface area contributed by atoms with E-state index in [-0.39, 0.29) is 18.7 Å². The number of methoxy groups -OCH3 is 1. The number of aryl methyl sites for hydroxylation is 1. The Morgan fingerprint density at radius 3 is 2.02 bits per heavy atom. The van der Waals surface area contributed by atoms with E-state index in [1.54, 1.807) is 6.92 Å². The second-order valence-electron chi connectivity index (χ2n) is 11.7. The molecule has 1 aromatic heterocycles. The Hall–Kier alpha value is -2.57. The summed E-state index contributed by atoms with van der Waals surface area (Å²) in [5.74, 6) is -1.01. The van der Waals surface area contributed by atoms with Gasteiger partial charge >= 0.3 is 17.6 Å². The largest absolute Gasteiger partial charge is 0.466 e. The molecular formula is C32H56N4O8. The molecule has 5 atom stereocenters. The van der Waals surface area contributed by atoms with E-state index >= 15 is 0 Å². The summed E-state index contributed by atoms with van der Waals surface area (Å²) in [6.45, 7) is 7.56. The zero-order valence-electron chi connectivity index (χ0n) is 27.6. The molecule has 252 valence electrons. The van der Waals surface area contributed by atoms with Crippen LogP contribution in [0.4, 0.5) is 0 Å². The van der Waals surface area contributed by atoms with Crippen LogP contribution >= 0.6 is 0 Å². The first-order valence-electron chi connectivity index (χ1n) is 16.7. The third kappa shape index (κ3) is 12.8. The minimum Gasteiger partial charge on any atom is -0.466 e. The predicted molar refractivity (Wildman–Crippen MR) is 167 cm³/mol. The van der Waals surface area contributed by atoms with Gasteiger partial charge in [0.2, 0.25) is 0 Å². The Kier molecular flexibility index (Phi) is 18.1. The maximum atomic E-state index is 12.7. The van der Waals surface area contributed by atoms with Crippen LogP contribution in [-0.2, 0) is 28.5 Å². The quantitative estimate of drug-likeness (QED) is 0.132. The molecule has 0 aromatic carbocycles. The van der Waals surface area contributed by atoms with E-state index < -0.39 is 53.8 Å². The van der Waals surface area contributed by atoms with Crippen molar-refractivity contribution >= 4 is 11.9 Å². The van der Waals surface area contributed by atoms with Crippen LogP contribution in [0.15, 0.2) is 9.59 Å². The summed E-state index contributed by atoms with van der Waals surface area (Å²) in [6, 6.07) is -0.552. The summed E-state index contributed by atoms with van der Waals surface area (Å²) in [5, 5.41) is 7.51. The second-order valence-corrected chi connectivity index (χ2v) is 11.7. The molecule has 1 aromatic rings. The first kappa shape index (κ1) is 37.6. The van der Waals surface area contributed by atoms with Gasteiger partial charge in [0, 0.05) is 20.1 Å². The van der Waals surface area contributed by atoms with Gasteiger partial charge in [-0.2, -0.15) is 9.78 Å². The number of rotatable bonds is 23. The fourth-order valence-corrected chi connectivity index (χ4v) is 5.75. The molecule has 12 nitrogen and oxygen atoms in total. The number of hydrogen-bond acceptors (Lipinski definition) is 10. The van der Waals surface area contributed by atoms with Gasteiger partial charge in [0.05, 0.1) is 13.0 Å². The van der Waals surface area contributed by atoms with Crippen LogP contribution < -0.4 is 16.6 Å². The third-order valence-corrected chi connectivity index (χ3v) is 8.08. The monoisotopic (exact) mass is 624 g/mol. The SMILES string of the molecule is CCCCCCCCCCCCCCCCNC(CC(=O)OCC)[C@@H]1O[C@H](n2nc(C)c(=O)[nH]c2=O)[C@H](OC(C)=O)[C@H]1OC. The first-order valence-corrected chi connectivity index (χ1v) is 16.7. The average Bonchev–Trinajstić information content (AvgIpc) is 3.33. The fourth-order valence-electron chi connectivity index (χ4n) is 5.75. The molecule has 2 heterocycles. The standard InChI is InChI=1S/C32H56N4O8/c1-6-8-9-10-11-12-13-14-15-16-17-18-19-20-21-33-25(22-26(38)42-7-2)27-28(41-5)29(43-24(4)37)31(44-27)36-32(40)34-30(39)23(3)35-36/h25,27-29,31,33H,6-22H2,1-5H3,(H,34,39,40)/t25?,27-,28-,29+,31-/m0/s1. The summed E-state index contributed by atoms with van der Waals surface area (Å²) in [7, 11) is 1.45. The van der Waals surface area contributed by atoms with E-state index in [4.69, 9.17) is 18.9 Å². The number of nitrogens with zero attached hydrogens (tertiary/aromatic N) is 2. The number of carbonyl (C=O) groups is 2. The van der Waals surface area contributed by atoms with Crippen molar-refractivity contribution in [2.75, 3.05) is 20.3 Å². The van der Waals surface area contributed by atoms with E-state index in [0.717, 1.165) is 23.9 Å². The third-order valence-electron chi connectivity index (χ3n) is 8.08. The number of esters is 2. The number of nitrogens with one attached hydrogen (secondary N) is 2. The van der Waals surface area contributed by atoms with Crippen molar-refractivity contribution in [1.29, 1.82) is 0 Å². The lowest BCUT2D eigenvalue weighted by atomic mass is 9.99. The number of carbonyl (C=O) groups excluding carboxylic acids is 2. The van der Waals surface area contributed by atoms with Gasteiger partial charge in [-0.1, -0.05) is 90.4 Å². The molecule has 1 aliphatic heterocycles. The molecule has 2 rings (SSSR count). The van der Waals surface area contributed by atoms with Gasteiger partial charge < -0.3 is 24.3 Å². The van der Waals surface area contributed by atoms with Gasteiger partial charge in [-0.05, 0) is 26.8 Å². The van der Waals surface area contributed by atoms with Gasteiger partial charge in [-0.15, -0.1) is 0 Å². The smallest absolute Gasteiger partial charge is 0.347 e. The molecule has 1 unspecified atom stereocenters. The lowest BCUT2D eigenvalue weighted by molar-refractivity contribution is -0.157. The molecule has 44 heavy (non-hydrogen) atoms. The van der Waals surface area contributed by atoms with E-state index in [2.05, 4.69) is 22.3 Å². The van der Waals surface area contributed by atoms with Gasteiger partial charge in [-0.3, -0.25) is 19.4 Å². The molecule has 0 aliphatic carbocycles. The Bertz CT molecular complexity index is 1090. The summed E-state index contributed by atoms with van der Waals surface area (Å²) < 4.78 is 23.7. The number of aromatic nitrogens is 3. The Morgan fingerprint density at radius 2 is 1.50 bits per heavy atom. The Morgan fingerprint density at radius 1 is 0.932 bits per heavy atom. The molecule has 12 heteroatoms.